The van der Waals surface area contributed by atoms with Gasteiger partial charge in [0.2, 0.25) is 0 Å². The predicted octanol–water partition coefficient (Wildman–Crippen LogP) is 7.32. The number of fused-ring (bicyclic) bond motifs is 5. The summed E-state index contributed by atoms with van der Waals surface area (Å²) in [5.41, 5.74) is 0.667. The van der Waals surface area contributed by atoms with Crippen molar-refractivity contribution in [2.75, 3.05) is 7.11 Å². The van der Waals surface area contributed by atoms with E-state index in [-0.39, 0.29) is 33.0 Å². The number of carbonyl (C=O) groups is 1. The Morgan fingerprint density at radius 1 is 1.11 bits per heavy atom. The van der Waals surface area contributed by atoms with E-state index in [1.807, 2.05) is 6.92 Å². The number of methoxy groups -OCH3 is 1. The quantitative estimate of drug-likeness (QED) is 0.319. The summed E-state index contributed by atoms with van der Waals surface area (Å²) in [5, 5.41) is 20.8. The van der Waals surface area contributed by atoms with Gasteiger partial charge in [-0.05, 0) is 116 Å². The van der Waals surface area contributed by atoms with Crippen molar-refractivity contribution in [1.82, 2.24) is 0 Å². The van der Waals surface area contributed by atoms with Crippen molar-refractivity contribution in [3.8, 4) is 6.07 Å². The van der Waals surface area contributed by atoms with Gasteiger partial charge >= 0.3 is 5.97 Å². The van der Waals surface area contributed by atoms with Gasteiger partial charge < -0.3 is 9.84 Å². The molecule has 0 aliphatic heterocycles. The van der Waals surface area contributed by atoms with E-state index in [0.29, 0.717) is 36.0 Å². The highest BCUT2D eigenvalue weighted by Crippen LogP contribution is 2.76. The first-order chi connectivity index (χ1) is 16.7. The molecule has 0 unspecified atom stereocenters. The van der Waals surface area contributed by atoms with Crippen LogP contribution in [0.2, 0.25) is 0 Å². The zero-order valence-electron chi connectivity index (χ0n) is 24.2. The Morgan fingerprint density at radius 3 is 2.33 bits per heavy atom. The molecule has 202 valence electrons. The lowest BCUT2D eigenvalue weighted by atomic mass is 9.33. The average molecular weight is 498 g/mol. The topological polar surface area (TPSA) is 70.3 Å². The molecule has 4 aliphatic rings. The van der Waals surface area contributed by atoms with Crippen LogP contribution in [0, 0.1) is 68.0 Å². The number of nitrogens with zero attached hydrogens (tertiary/aromatic N) is 1. The summed E-state index contributed by atoms with van der Waals surface area (Å²) < 4.78 is 5.48. The van der Waals surface area contributed by atoms with Gasteiger partial charge in [0.15, 0.2) is 0 Å². The second-order valence-corrected chi connectivity index (χ2v) is 14.7. The number of esters is 1. The molecular formula is C32H51NO3. The highest BCUT2D eigenvalue weighted by molar-refractivity contribution is 5.78. The Bertz CT molecular complexity index is 948. The Labute approximate surface area is 220 Å². The molecule has 4 fully saturated rings. The third kappa shape index (κ3) is 3.43. The van der Waals surface area contributed by atoms with Gasteiger partial charge in [-0.25, -0.2) is 0 Å². The van der Waals surface area contributed by atoms with E-state index in [4.69, 9.17) is 4.74 Å². The van der Waals surface area contributed by atoms with Gasteiger partial charge in [0.25, 0.3) is 0 Å². The second-order valence-electron chi connectivity index (χ2n) is 14.7. The number of hydrogen-bond donors (Lipinski definition) is 1. The van der Waals surface area contributed by atoms with Crippen LogP contribution in [0.4, 0.5) is 0 Å². The number of ether oxygens (including phenoxy) is 1. The summed E-state index contributed by atoms with van der Waals surface area (Å²) in [5.74, 6) is 1.87. The highest BCUT2D eigenvalue weighted by atomic mass is 16.5. The molecule has 1 N–H and O–H groups in total. The molecule has 4 aliphatic carbocycles. The van der Waals surface area contributed by atoms with E-state index >= 15 is 0 Å². The van der Waals surface area contributed by atoms with Crippen molar-refractivity contribution in [1.29, 1.82) is 5.26 Å². The van der Waals surface area contributed by atoms with Crippen LogP contribution in [-0.4, -0.2) is 24.3 Å². The number of carbonyl (C=O) groups excluding carboxylic acids is 1. The van der Waals surface area contributed by atoms with Crippen molar-refractivity contribution >= 4 is 5.97 Å². The SMILES string of the molecule is C=C(C)[C@@H]1CC[C@]2(C(=O)OC)CC[C@]3(C)[C@H](CC[C@@H]4[C@@](C)(CC#N)[C@H](C(C)(C)[C@@H](C)O)CC[C@]43C)[C@@H]12. The number of nitriles is 1. The maximum absolute atomic E-state index is 13.4. The number of allylic oxidation sites excluding steroid dienone is 1. The maximum Gasteiger partial charge on any atom is 0.312 e. The zero-order valence-corrected chi connectivity index (χ0v) is 24.2. The largest absolute Gasteiger partial charge is 0.469 e. The van der Waals surface area contributed by atoms with Crippen LogP contribution in [0.1, 0.15) is 106 Å². The molecule has 0 aromatic rings. The van der Waals surface area contributed by atoms with Gasteiger partial charge in [-0.3, -0.25) is 4.79 Å². The summed E-state index contributed by atoms with van der Waals surface area (Å²) in [6.45, 7) is 20.3. The lowest BCUT2D eigenvalue weighted by Gasteiger charge is -2.71. The van der Waals surface area contributed by atoms with Gasteiger partial charge in [-0.1, -0.05) is 46.8 Å². The van der Waals surface area contributed by atoms with E-state index in [1.54, 1.807) is 7.11 Å². The first kappa shape index (κ1) is 27.7. The van der Waals surface area contributed by atoms with Crippen LogP contribution in [0.15, 0.2) is 12.2 Å². The molecule has 4 saturated carbocycles. The first-order valence-electron chi connectivity index (χ1n) is 14.5. The van der Waals surface area contributed by atoms with Gasteiger partial charge in [-0.15, -0.1) is 0 Å². The average Bonchev–Trinajstić information content (AvgIpc) is 3.20. The van der Waals surface area contributed by atoms with Crippen molar-refractivity contribution in [2.24, 2.45) is 56.7 Å². The fourth-order valence-electron chi connectivity index (χ4n) is 11.0. The lowest BCUT2D eigenvalue weighted by Crippen LogP contribution is -2.66. The number of aliphatic hydroxyl groups excluding tert-OH is 1. The summed E-state index contributed by atoms with van der Waals surface area (Å²) in [6.07, 6.45) is 8.41. The standard InChI is InChI=1S/C32H51NO3/c1-20(2)22-12-15-32(27(35)36-9)17-16-30(7)23(26(22)32)10-11-25-29(6,18-19-33)24(13-14-31(25,30)8)28(4,5)21(3)34/h21-26,34H,1,10-18H2,2-9H3/t21-,22+,23-,24+,25-,26-,29+,30-,31-,32+/m1/s1. The minimum Gasteiger partial charge on any atom is -0.469 e. The number of hydrogen-bond acceptors (Lipinski definition) is 4. The van der Waals surface area contributed by atoms with Crippen LogP contribution < -0.4 is 0 Å². The van der Waals surface area contributed by atoms with Crippen molar-refractivity contribution < 1.29 is 14.6 Å². The Hall–Kier alpha value is -1.34. The van der Waals surface area contributed by atoms with Crippen molar-refractivity contribution in [3.05, 3.63) is 12.2 Å². The van der Waals surface area contributed by atoms with Crippen molar-refractivity contribution in [2.45, 2.75) is 112 Å². The number of rotatable bonds is 5. The van der Waals surface area contributed by atoms with E-state index in [2.05, 4.69) is 54.2 Å². The third-order valence-electron chi connectivity index (χ3n) is 13.4. The highest BCUT2D eigenvalue weighted by Gasteiger charge is 2.71. The molecule has 0 saturated heterocycles. The molecular weight excluding hydrogens is 446 g/mol. The van der Waals surface area contributed by atoms with E-state index in [9.17, 15) is 15.2 Å². The molecule has 0 aromatic heterocycles. The molecule has 4 heteroatoms. The first-order valence-corrected chi connectivity index (χ1v) is 14.5. The molecule has 0 spiro atoms. The molecule has 0 aromatic carbocycles. The van der Waals surface area contributed by atoms with Crippen LogP contribution in [0.5, 0.6) is 0 Å². The smallest absolute Gasteiger partial charge is 0.312 e. The monoisotopic (exact) mass is 497 g/mol. The molecule has 10 atom stereocenters. The second kappa shape index (κ2) is 8.86. The number of aliphatic hydroxyl groups is 1. The fourth-order valence-corrected chi connectivity index (χ4v) is 11.0. The Morgan fingerprint density at radius 2 is 1.78 bits per heavy atom. The van der Waals surface area contributed by atoms with Crippen LogP contribution in [0.25, 0.3) is 0 Å². The summed E-state index contributed by atoms with van der Waals surface area (Å²) in [7, 11) is 1.56. The molecule has 0 amide bonds. The zero-order chi connectivity index (χ0) is 26.9. The van der Waals surface area contributed by atoms with E-state index in [1.165, 1.54) is 5.57 Å². The third-order valence-corrected chi connectivity index (χ3v) is 13.4. The van der Waals surface area contributed by atoms with Gasteiger partial charge in [0, 0.05) is 6.42 Å². The predicted molar refractivity (Wildman–Crippen MR) is 144 cm³/mol. The van der Waals surface area contributed by atoms with Gasteiger partial charge in [0.05, 0.1) is 24.7 Å². The Balaban J connectivity index is 1.80. The summed E-state index contributed by atoms with van der Waals surface area (Å²) >= 11 is 0. The molecule has 36 heavy (non-hydrogen) atoms. The van der Waals surface area contributed by atoms with Crippen LogP contribution in [-0.2, 0) is 9.53 Å². The molecule has 0 heterocycles. The lowest BCUT2D eigenvalue weighted by molar-refractivity contribution is -0.234. The molecule has 4 rings (SSSR count). The molecule has 0 radical (unpaired) electrons. The fraction of sp³-hybridized carbons (Fsp3) is 0.875. The Kier molecular flexibility index (Phi) is 6.81. The van der Waals surface area contributed by atoms with Gasteiger partial charge in [0.1, 0.15) is 0 Å². The van der Waals surface area contributed by atoms with Crippen LogP contribution in [0.3, 0.4) is 0 Å². The summed E-state index contributed by atoms with van der Waals surface area (Å²) in [4.78, 5) is 13.4. The summed E-state index contributed by atoms with van der Waals surface area (Å²) in [6, 6.07) is 2.59. The van der Waals surface area contributed by atoms with E-state index < -0.39 is 6.10 Å². The molecule has 4 nitrogen and oxygen atoms in total. The van der Waals surface area contributed by atoms with Crippen molar-refractivity contribution in [3.63, 3.8) is 0 Å². The molecule has 0 bridgehead atoms. The van der Waals surface area contributed by atoms with E-state index in [0.717, 1.165) is 51.4 Å². The minimum absolute atomic E-state index is 0.00212. The van der Waals surface area contributed by atoms with Crippen LogP contribution >= 0.6 is 0 Å². The van der Waals surface area contributed by atoms with Gasteiger partial charge in [-0.2, -0.15) is 5.26 Å². The minimum atomic E-state index is -0.415. The normalized spacial score (nSPS) is 47.1. The maximum atomic E-state index is 13.4.